The van der Waals surface area contributed by atoms with Gasteiger partial charge < -0.3 is 19.0 Å². The number of fused-ring (bicyclic) bond motifs is 1. The van der Waals surface area contributed by atoms with Crippen LogP contribution < -0.4 is 10.5 Å². The van der Waals surface area contributed by atoms with Crippen molar-refractivity contribution in [1.82, 2.24) is 4.57 Å². The Bertz CT molecular complexity index is 1120. The first-order chi connectivity index (χ1) is 14.9. The minimum Gasteiger partial charge on any atom is -0.412 e. The molecule has 2 heterocycles. The quantitative estimate of drug-likeness (QED) is 0.632. The molecule has 2 fully saturated rings. The van der Waals surface area contributed by atoms with Gasteiger partial charge in [-0.15, -0.1) is 0 Å². The lowest BCUT2D eigenvalue weighted by Gasteiger charge is -2.38. The second-order valence-corrected chi connectivity index (χ2v) is 15.6. The third-order valence-corrected chi connectivity index (χ3v) is 12.0. The van der Waals surface area contributed by atoms with Crippen molar-refractivity contribution in [2.45, 2.75) is 83.8 Å². The molecule has 2 aliphatic rings. The zero-order valence-electron chi connectivity index (χ0n) is 19.9. The number of aliphatic hydroxyl groups excluding tert-OH is 1. The van der Waals surface area contributed by atoms with Crippen LogP contribution in [0.2, 0.25) is 18.1 Å². The maximum absolute atomic E-state index is 15.4. The summed E-state index contributed by atoms with van der Waals surface area (Å²) < 4.78 is 39.0. The van der Waals surface area contributed by atoms with Crippen molar-refractivity contribution in [1.29, 1.82) is 0 Å². The topological polar surface area (TPSA) is 54.7 Å². The summed E-state index contributed by atoms with van der Waals surface area (Å²) in [4.78, 5) is 14.6. The predicted octanol–water partition coefficient (Wildman–Crippen LogP) is 5.02. The van der Waals surface area contributed by atoms with Gasteiger partial charge in [-0.25, -0.2) is 8.78 Å². The summed E-state index contributed by atoms with van der Waals surface area (Å²) in [6.07, 6.45) is 2.39. The van der Waals surface area contributed by atoms with E-state index in [0.29, 0.717) is 24.2 Å². The van der Waals surface area contributed by atoms with Crippen LogP contribution in [0.1, 0.15) is 57.2 Å². The number of aliphatic hydroxyl groups is 1. The van der Waals surface area contributed by atoms with Gasteiger partial charge in [-0.2, -0.15) is 0 Å². The molecule has 1 aliphatic carbocycles. The molecule has 1 N–H and O–H groups in total. The Morgan fingerprint density at radius 2 is 1.84 bits per heavy atom. The first kappa shape index (κ1) is 23.4. The lowest BCUT2D eigenvalue weighted by molar-refractivity contribution is 0.202. The van der Waals surface area contributed by atoms with Crippen molar-refractivity contribution >= 4 is 24.9 Å². The Morgan fingerprint density at radius 1 is 1.19 bits per heavy atom. The first-order valence-corrected chi connectivity index (χ1v) is 14.4. The van der Waals surface area contributed by atoms with Crippen LogP contribution in [0.5, 0.6) is 0 Å². The highest BCUT2D eigenvalue weighted by atomic mass is 28.4. The van der Waals surface area contributed by atoms with Gasteiger partial charge in [0, 0.05) is 36.1 Å². The molecule has 0 unspecified atom stereocenters. The van der Waals surface area contributed by atoms with Gasteiger partial charge in [0.15, 0.2) is 20.0 Å². The third-order valence-electron chi connectivity index (χ3n) is 7.48. The highest BCUT2D eigenvalue weighted by Gasteiger charge is 2.41. The Morgan fingerprint density at radius 3 is 2.41 bits per heavy atom. The normalized spacial score (nSPS) is 19.9. The van der Waals surface area contributed by atoms with Crippen LogP contribution in [-0.4, -0.2) is 37.2 Å². The molecule has 176 valence electrons. The summed E-state index contributed by atoms with van der Waals surface area (Å²) in [5.41, 5.74) is 1.02. The van der Waals surface area contributed by atoms with Gasteiger partial charge in [-0.3, -0.25) is 4.79 Å². The van der Waals surface area contributed by atoms with E-state index in [1.807, 2.05) is 4.90 Å². The van der Waals surface area contributed by atoms with Gasteiger partial charge >= 0.3 is 0 Å². The zero-order valence-corrected chi connectivity index (χ0v) is 20.9. The van der Waals surface area contributed by atoms with Crippen LogP contribution in [0, 0.1) is 18.6 Å². The van der Waals surface area contributed by atoms with Crippen molar-refractivity contribution in [2.24, 2.45) is 0 Å². The number of anilines is 1. The van der Waals surface area contributed by atoms with E-state index in [1.54, 1.807) is 11.5 Å². The van der Waals surface area contributed by atoms with Crippen LogP contribution in [0.15, 0.2) is 10.9 Å². The van der Waals surface area contributed by atoms with Crippen molar-refractivity contribution in [3.63, 3.8) is 0 Å². The predicted molar refractivity (Wildman–Crippen MR) is 126 cm³/mol. The standard InChI is InChI=1S/C24H34F2N2O3Si/c1-14-22-19(15(13-29)11-18(30)28(22)16-7-8-16)20(25)21(26)23(14)27-10-9-17(12-27)31-32(5,6)24(2,3)4/h11,16-17,29H,7-10,12-13H2,1-6H3/t17-/m0/s1. The highest BCUT2D eigenvalue weighted by molar-refractivity contribution is 6.74. The molecular weight excluding hydrogens is 430 g/mol. The summed E-state index contributed by atoms with van der Waals surface area (Å²) in [6, 6.07) is 1.24. The summed E-state index contributed by atoms with van der Waals surface area (Å²) in [6.45, 7) is 13.2. The van der Waals surface area contributed by atoms with Crippen LogP contribution in [-0.2, 0) is 11.0 Å². The molecule has 0 spiro atoms. The Kier molecular flexibility index (Phi) is 5.79. The number of nitrogens with zero attached hydrogens (tertiary/aromatic N) is 2. The second-order valence-electron chi connectivity index (χ2n) is 10.8. The SMILES string of the molecule is Cc1c(N2CC[C@H](O[Si](C)(C)C(C)(C)C)C2)c(F)c(F)c2c(CO)cc(=O)n(C3CC3)c12. The number of halogens is 2. The molecule has 1 aromatic carbocycles. The van der Waals surface area contributed by atoms with Gasteiger partial charge in [-0.1, -0.05) is 20.8 Å². The maximum atomic E-state index is 15.4. The van der Waals surface area contributed by atoms with Gasteiger partial charge in [0.2, 0.25) is 0 Å². The minimum atomic E-state index is -1.99. The molecule has 1 saturated carbocycles. The summed E-state index contributed by atoms with van der Waals surface area (Å²) in [7, 11) is -1.99. The van der Waals surface area contributed by atoms with E-state index in [9.17, 15) is 9.90 Å². The molecule has 32 heavy (non-hydrogen) atoms. The fourth-order valence-corrected chi connectivity index (χ4v) is 5.97. The fraction of sp³-hybridized carbons (Fsp3) is 0.625. The van der Waals surface area contributed by atoms with E-state index >= 15 is 8.78 Å². The van der Waals surface area contributed by atoms with Crippen molar-refractivity contribution in [3.8, 4) is 0 Å². The van der Waals surface area contributed by atoms with Crippen molar-refractivity contribution < 1.29 is 18.3 Å². The van der Waals surface area contributed by atoms with Crippen LogP contribution in [0.25, 0.3) is 10.9 Å². The molecule has 1 aliphatic heterocycles. The molecule has 1 saturated heterocycles. The molecule has 1 aromatic heterocycles. The Hall–Kier alpha value is -1.77. The van der Waals surface area contributed by atoms with E-state index in [-0.39, 0.29) is 39.4 Å². The van der Waals surface area contributed by atoms with Crippen molar-refractivity contribution in [2.75, 3.05) is 18.0 Å². The minimum absolute atomic E-state index is 0.00222. The van der Waals surface area contributed by atoms with E-state index in [0.717, 1.165) is 19.3 Å². The van der Waals surface area contributed by atoms with Gasteiger partial charge in [0.05, 0.1) is 23.9 Å². The van der Waals surface area contributed by atoms with E-state index in [1.165, 1.54) is 6.07 Å². The summed E-state index contributed by atoms with van der Waals surface area (Å²) >= 11 is 0. The number of aromatic nitrogens is 1. The molecule has 5 nitrogen and oxygen atoms in total. The smallest absolute Gasteiger partial charge is 0.251 e. The largest absolute Gasteiger partial charge is 0.412 e. The summed E-state index contributed by atoms with van der Waals surface area (Å²) in [5.74, 6) is -1.91. The lowest BCUT2D eigenvalue weighted by atomic mass is 10.0. The Labute approximate surface area is 189 Å². The van der Waals surface area contributed by atoms with Crippen LogP contribution >= 0.6 is 0 Å². The van der Waals surface area contributed by atoms with E-state index in [2.05, 4.69) is 33.9 Å². The van der Waals surface area contributed by atoms with Crippen molar-refractivity contribution in [3.05, 3.63) is 39.2 Å². The lowest BCUT2D eigenvalue weighted by Crippen LogP contribution is -2.44. The first-order valence-electron chi connectivity index (χ1n) is 11.5. The number of benzene rings is 1. The number of aryl methyl sites for hydroxylation is 1. The molecule has 0 bridgehead atoms. The van der Waals surface area contributed by atoms with E-state index in [4.69, 9.17) is 4.43 Å². The monoisotopic (exact) mass is 464 g/mol. The molecule has 1 atom stereocenters. The number of hydrogen-bond acceptors (Lipinski definition) is 4. The molecule has 4 rings (SSSR count). The second kappa shape index (κ2) is 7.92. The average Bonchev–Trinajstić information content (AvgIpc) is 3.43. The number of hydrogen-bond donors (Lipinski definition) is 1. The maximum Gasteiger partial charge on any atom is 0.251 e. The zero-order chi connectivity index (χ0) is 23.6. The molecule has 8 heteroatoms. The van der Waals surface area contributed by atoms with Gasteiger partial charge in [0.25, 0.3) is 5.56 Å². The van der Waals surface area contributed by atoms with E-state index < -0.39 is 26.6 Å². The van der Waals surface area contributed by atoms with Gasteiger partial charge in [0.1, 0.15) is 0 Å². The van der Waals surface area contributed by atoms with Gasteiger partial charge in [-0.05, 0) is 49.9 Å². The highest BCUT2D eigenvalue weighted by Crippen LogP contribution is 2.43. The molecule has 0 amide bonds. The Balaban J connectivity index is 1.79. The average molecular weight is 465 g/mol. The third kappa shape index (κ3) is 3.80. The number of pyridine rings is 1. The number of rotatable bonds is 5. The molecule has 2 aromatic rings. The molecular formula is C24H34F2N2O3Si. The van der Waals surface area contributed by atoms with Crippen LogP contribution in [0.3, 0.4) is 0 Å². The fourth-order valence-electron chi connectivity index (χ4n) is 4.59. The molecule has 0 radical (unpaired) electrons. The van der Waals surface area contributed by atoms with Crippen LogP contribution in [0.4, 0.5) is 14.5 Å². The summed E-state index contributed by atoms with van der Waals surface area (Å²) in [5, 5.41) is 9.83.